The monoisotopic (exact) mass is 486 g/mol. The number of para-hydroxylation sites is 1. The van der Waals surface area contributed by atoms with Crippen molar-refractivity contribution in [1.82, 2.24) is 9.55 Å². The van der Waals surface area contributed by atoms with Gasteiger partial charge in [0.2, 0.25) is 0 Å². The summed E-state index contributed by atoms with van der Waals surface area (Å²) >= 11 is 0. The Balaban J connectivity index is 1.42. The normalized spacial score (nSPS) is 13.7. The van der Waals surface area contributed by atoms with Gasteiger partial charge in [0, 0.05) is 33.6 Å². The summed E-state index contributed by atoms with van der Waals surface area (Å²) in [5.41, 5.74) is 13.5. The molecule has 5 aromatic rings. The first-order valence-corrected chi connectivity index (χ1v) is 13.2. The van der Waals surface area contributed by atoms with Crippen LogP contribution < -0.4 is 0 Å². The second kappa shape index (κ2) is 7.66. The number of pyridine rings is 1. The third kappa shape index (κ3) is 2.92. The summed E-state index contributed by atoms with van der Waals surface area (Å²) in [6, 6.07) is 41.7. The van der Waals surface area contributed by atoms with Crippen molar-refractivity contribution in [3.8, 4) is 39.2 Å². The summed E-state index contributed by atoms with van der Waals surface area (Å²) in [6.45, 7) is 4.68. The molecular formula is C36H26N2. The van der Waals surface area contributed by atoms with Crippen LogP contribution in [-0.4, -0.2) is 9.55 Å². The molecule has 0 N–H and O–H groups in total. The SMILES string of the molecule is CC1(C)c2ccccc2-c2ccc(-n3cc4c5ccccc5nc-4c4cc(-c5ccccc5)ccc43)cc21. The maximum absolute atomic E-state index is 5.11. The molecule has 2 heteroatoms. The first-order chi connectivity index (χ1) is 18.6. The smallest absolute Gasteiger partial charge is 0.0824 e. The quantitative estimate of drug-likeness (QED) is 0.238. The molecule has 180 valence electrons. The van der Waals surface area contributed by atoms with Crippen LogP contribution in [0.4, 0.5) is 0 Å². The van der Waals surface area contributed by atoms with Crippen molar-refractivity contribution in [1.29, 1.82) is 0 Å². The van der Waals surface area contributed by atoms with Crippen LogP contribution in [0.25, 0.3) is 61.0 Å². The lowest BCUT2D eigenvalue weighted by molar-refractivity contribution is 0.660. The minimum atomic E-state index is -0.0442. The molecular weight excluding hydrogens is 460 g/mol. The third-order valence-corrected chi connectivity index (χ3v) is 8.40. The van der Waals surface area contributed by atoms with E-state index >= 15 is 0 Å². The largest absolute Gasteiger partial charge is 0.316 e. The molecule has 0 aromatic heterocycles. The Morgan fingerprint density at radius 3 is 2.24 bits per heavy atom. The molecule has 0 atom stereocenters. The molecule has 0 bridgehead atoms. The maximum atomic E-state index is 5.11. The van der Waals surface area contributed by atoms with Crippen molar-refractivity contribution in [2.75, 3.05) is 0 Å². The lowest BCUT2D eigenvalue weighted by Crippen LogP contribution is -2.15. The van der Waals surface area contributed by atoms with Gasteiger partial charge >= 0.3 is 0 Å². The third-order valence-electron chi connectivity index (χ3n) is 8.40. The standard InChI is InChI=1S/C36H26N2/c1-36(2)31-14-8-6-12-26(31)27-18-17-25(21-32(27)36)38-22-30-28-13-7-9-15-33(28)37-35(30)29-20-24(16-19-34(29)38)23-10-4-3-5-11-23/h3-22H,1-2H3. The van der Waals surface area contributed by atoms with Gasteiger partial charge in [-0.05, 0) is 63.7 Å². The highest BCUT2D eigenvalue weighted by atomic mass is 15.0. The molecule has 2 aliphatic heterocycles. The average Bonchev–Trinajstić information content (AvgIpc) is 3.45. The van der Waals surface area contributed by atoms with Crippen LogP contribution in [0.2, 0.25) is 0 Å². The summed E-state index contributed by atoms with van der Waals surface area (Å²) in [4.78, 5) is 5.11. The van der Waals surface area contributed by atoms with Gasteiger partial charge in [-0.15, -0.1) is 0 Å². The second-order valence-corrected chi connectivity index (χ2v) is 10.9. The van der Waals surface area contributed by atoms with Gasteiger partial charge in [-0.3, -0.25) is 0 Å². The molecule has 0 saturated heterocycles. The fourth-order valence-electron chi connectivity index (χ4n) is 6.44. The van der Waals surface area contributed by atoms with Crippen LogP contribution in [0.3, 0.4) is 0 Å². The van der Waals surface area contributed by atoms with Gasteiger partial charge in [-0.25, -0.2) is 4.98 Å². The van der Waals surface area contributed by atoms with Crippen LogP contribution >= 0.6 is 0 Å². The summed E-state index contributed by atoms with van der Waals surface area (Å²) < 4.78 is 2.36. The Morgan fingerprint density at radius 1 is 0.579 bits per heavy atom. The van der Waals surface area contributed by atoms with Gasteiger partial charge in [-0.1, -0.05) is 98.8 Å². The van der Waals surface area contributed by atoms with Gasteiger partial charge in [0.1, 0.15) is 0 Å². The van der Waals surface area contributed by atoms with Crippen molar-refractivity contribution < 1.29 is 0 Å². The molecule has 0 fully saturated rings. The van der Waals surface area contributed by atoms with Gasteiger partial charge in [0.15, 0.2) is 0 Å². The van der Waals surface area contributed by atoms with Crippen LogP contribution in [0.5, 0.6) is 0 Å². The minimum Gasteiger partial charge on any atom is -0.316 e. The van der Waals surface area contributed by atoms with Crippen molar-refractivity contribution in [2.45, 2.75) is 19.3 Å². The van der Waals surface area contributed by atoms with Gasteiger partial charge in [0.25, 0.3) is 0 Å². The zero-order valence-electron chi connectivity index (χ0n) is 21.4. The van der Waals surface area contributed by atoms with E-state index in [9.17, 15) is 0 Å². The molecule has 5 aromatic carbocycles. The zero-order valence-corrected chi connectivity index (χ0v) is 21.4. The molecule has 0 saturated carbocycles. The van der Waals surface area contributed by atoms with E-state index in [0.717, 1.165) is 16.7 Å². The maximum Gasteiger partial charge on any atom is 0.0824 e. The Labute approximate surface area is 222 Å². The molecule has 8 rings (SSSR count). The fourth-order valence-corrected chi connectivity index (χ4v) is 6.44. The van der Waals surface area contributed by atoms with E-state index in [0.29, 0.717) is 0 Å². The van der Waals surface area contributed by atoms with Gasteiger partial charge < -0.3 is 4.57 Å². The Bertz CT molecular complexity index is 1990. The van der Waals surface area contributed by atoms with Gasteiger partial charge in [-0.2, -0.15) is 0 Å². The van der Waals surface area contributed by atoms with Crippen LogP contribution in [0, 0.1) is 0 Å². The molecule has 38 heavy (non-hydrogen) atoms. The minimum absolute atomic E-state index is 0.0442. The van der Waals surface area contributed by atoms with Crippen molar-refractivity contribution in [3.05, 3.63) is 133 Å². The summed E-state index contributed by atoms with van der Waals surface area (Å²) in [5, 5.41) is 2.36. The highest BCUT2D eigenvalue weighted by Crippen LogP contribution is 2.49. The topological polar surface area (TPSA) is 17.8 Å². The molecule has 2 heterocycles. The van der Waals surface area contributed by atoms with E-state index < -0.39 is 0 Å². The number of nitrogens with zero attached hydrogens (tertiary/aromatic N) is 2. The number of aromatic nitrogens is 2. The summed E-state index contributed by atoms with van der Waals surface area (Å²) in [5.74, 6) is 0. The van der Waals surface area contributed by atoms with Crippen molar-refractivity contribution >= 4 is 21.8 Å². The molecule has 0 unspecified atom stereocenters. The number of rotatable bonds is 2. The molecule has 3 aliphatic rings. The van der Waals surface area contributed by atoms with Gasteiger partial charge in [0.05, 0.1) is 16.7 Å². The molecule has 0 radical (unpaired) electrons. The van der Waals surface area contributed by atoms with E-state index in [4.69, 9.17) is 4.98 Å². The first-order valence-electron chi connectivity index (χ1n) is 13.2. The van der Waals surface area contributed by atoms with Crippen molar-refractivity contribution in [2.24, 2.45) is 0 Å². The van der Waals surface area contributed by atoms with E-state index in [1.807, 2.05) is 0 Å². The first kappa shape index (κ1) is 21.4. The molecule has 0 amide bonds. The number of fused-ring (bicyclic) bond motifs is 8. The van der Waals surface area contributed by atoms with E-state index in [1.165, 1.54) is 55.4 Å². The Morgan fingerprint density at radius 2 is 1.34 bits per heavy atom. The predicted octanol–water partition coefficient (Wildman–Crippen LogP) is 9.26. The Kier molecular flexibility index (Phi) is 4.31. The number of hydrogen-bond donors (Lipinski definition) is 0. The van der Waals surface area contributed by atoms with E-state index in [-0.39, 0.29) is 5.41 Å². The highest BCUT2D eigenvalue weighted by molar-refractivity contribution is 6.07. The average molecular weight is 487 g/mol. The molecule has 0 spiro atoms. The Hall–Kier alpha value is -4.69. The van der Waals surface area contributed by atoms with E-state index in [2.05, 4.69) is 140 Å². The lowest BCUT2D eigenvalue weighted by atomic mass is 9.82. The number of hydrogen-bond acceptors (Lipinski definition) is 1. The molecule has 2 nitrogen and oxygen atoms in total. The van der Waals surface area contributed by atoms with E-state index in [1.54, 1.807) is 0 Å². The van der Waals surface area contributed by atoms with Crippen LogP contribution in [-0.2, 0) is 5.41 Å². The summed E-state index contributed by atoms with van der Waals surface area (Å²) in [7, 11) is 0. The number of benzene rings is 5. The predicted molar refractivity (Wildman–Crippen MR) is 158 cm³/mol. The second-order valence-electron chi connectivity index (χ2n) is 10.9. The zero-order chi connectivity index (χ0) is 25.4. The fraction of sp³-hybridized carbons (Fsp3) is 0.0833. The lowest BCUT2D eigenvalue weighted by Gasteiger charge is -2.23. The van der Waals surface area contributed by atoms with Crippen molar-refractivity contribution in [3.63, 3.8) is 0 Å². The van der Waals surface area contributed by atoms with Crippen LogP contribution in [0.1, 0.15) is 25.0 Å². The molecule has 1 aliphatic carbocycles. The van der Waals surface area contributed by atoms with Crippen LogP contribution in [0.15, 0.2) is 121 Å². The summed E-state index contributed by atoms with van der Waals surface area (Å²) in [6.07, 6.45) is 2.28. The highest BCUT2D eigenvalue weighted by Gasteiger charge is 2.35.